The minimum absolute atomic E-state index is 0.296. The van der Waals surface area contributed by atoms with E-state index in [4.69, 9.17) is 5.11 Å². The normalized spacial score (nSPS) is 37.8. The second-order valence-corrected chi connectivity index (χ2v) is 6.29. The number of hydrogen-bond donors (Lipinski definition) is 2. The van der Waals surface area contributed by atoms with Crippen LogP contribution in [0.4, 0.5) is 0 Å². The molecule has 1 unspecified atom stereocenters. The quantitative estimate of drug-likeness (QED) is 0.720. The van der Waals surface area contributed by atoms with Gasteiger partial charge in [0.1, 0.15) is 0 Å². The fraction of sp³-hybridized carbons (Fsp3) is 0.857. The van der Waals surface area contributed by atoms with Crippen molar-refractivity contribution in [3.8, 4) is 0 Å². The lowest BCUT2D eigenvalue weighted by molar-refractivity contribution is 0.188. The molecule has 2 aliphatic carbocycles. The Hall–Kier alpha value is -0.340. The predicted molar refractivity (Wildman–Crippen MR) is 67.3 cm³/mol. The zero-order chi connectivity index (χ0) is 11.6. The summed E-state index contributed by atoms with van der Waals surface area (Å²) in [7, 11) is 0. The third-order valence-corrected chi connectivity index (χ3v) is 4.06. The van der Waals surface area contributed by atoms with Gasteiger partial charge < -0.3 is 10.4 Å². The Morgan fingerprint density at radius 1 is 1.38 bits per heavy atom. The number of nitrogens with one attached hydrogen (secondary N) is 1. The van der Waals surface area contributed by atoms with Crippen LogP contribution in [0.2, 0.25) is 0 Å². The first-order chi connectivity index (χ1) is 7.59. The van der Waals surface area contributed by atoms with E-state index in [-0.39, 0.29) is 0 Å². The van der Waals surface area contributed by atoms with Crippen LogP contribution in [-0.2, 0) is 0 Å². The summed E-state index contributed by atoms with van der Waals surface area (Å²) < 4.78 is 0. The van der Waals surface area contributed by atoms with Crippen molar-refractivity contribution < 1.29 is 5.11 Å². The van der Waals surface area contributed by atoms with Crippen LogP contribution in [0.1, 0.15) is 46.0 Å². The van der Waals surface area contributed by atoms with E-state index in [1.54, 1.807) is 0 Å². The molecule has 2 heteroatoms. The van der Waals surface area contributed by atoms with Gasteiger partial charge in [0, 0.05) is 24.6 Å². The summed E-state index contributed by atoms with van der Waals surface area (Å²) in [6, 6.07) is 1.17. The van der Waals surface area contributed by atoms with E-state index >= 15 is 0 Å². The second-order valence-electron chi connectivity index (χ2n) is 6.29. The zero-order valence-electron chi connectivity index (χ0n) is 10.6. The molecule has 0 amide bonds. The van der Waals surface area contributed by atoms with Gasteiger partial charge in [-0.3, -0.25) is 0 Å². The van der Waals surface area contributed by atoms with Gasteiger partial charge >= 0.3 is 0 Å². The molecule has 2 aliphatic rings. The fourth-order valence-corrected chi connectivity index (χ4v) is 3.18. The summed E-state index contributed by atoms with van der Waals surface area (Å²) in [5.74, 6) is 0.383. The zero-order valence-corrected chi connectivity index (χ0v) is 10.6. The lowest BCUT2D eigenvalue weighted by Gasteiger charge is -2.37. The largest absolute Gasteiger partial charge is 0.396 e. The van der Waals surface area contributed by atoms with Gasteiger partial charge in [-0.05, 0) is 31.1 Å². The maximum atomic E-state index is 9.09. The van der Waals surface area contributed by atoms with Crippen molar-refractivity contribution >= 4 is 0 Å². The van der Waals surface area contributed by atoms with Crippen LogP contribution in [0.15, 0.2) is 12.2 Å². The predicted octanol–water partition coefficient (Wildman–Crippen LogP) is 2.48. The molecule has 16 heavy (non-hydrogen) atoms. The minimum Gasteiger partial charge on any atom is -0.396 e. The molecule has 0 aromatic rings. The summed E-state index contributed by atoms with van der Waals surface area (Å²) in [6.07, 6.45) is 10.8. The molecule has 0 heterocycles. The lowest BCUT2D eigenvalue weighted by Crippen LogP contribution is -2.41. The Kier molecular flexibility index (Phi) is 3.70. The van der Waals surface area contributed by atoms with E-state index in [0.29, 0.717) is 30.0 Å². The molecule has 2 nitrogen and oxygen atoms in total. The van der Waals surface area contributed by atoms with Crippen molar-refractivity contribution in [3.05, 3.63) is 12.2 Å². The molecular formula is C14H25NO. The number of hydrogen-bond acceptors (Lipinski definition) is 2. The maximum Gasteiger partial charge on any atom is 0.0494 e. The Balaban J connectivity index is 1.80. The van der Waals surface area contributed by atoms with E-state index in [2.05, 4.69) is 31.3 Å². The highest BCUT2D eigenvalue weighted by Crippen LogP contribution is 2.35. The molecule has 0 aromatic carbocycles. The lowest BCUT2D eigenvalue weighted by atomic mass is 9.75. The highest BCUT2D eigenvalue weighted by molar-refractivity contribution is 5.06. The first-order valence-electron chi connectivity index (χ1n) is 6.64. The van der Waals surface area contributed by atoms with Crippen LogP contribution >= 0.6 is 0 Å². The first-order valence-corrected chi connectivity index (χ1v) is 6.64. The Bertz CT molecular complexity index is 259. The van der Waals surface area contributed by atoms with Crippen LogP contribution in [0.25, 0.3) is 0 Å². The summed E-state index contributed by atoms with van der Waals surface area (Å²) in [4.78, 5) is 0. The summed E-state index contributed by atoms with van der Waals surface area (Å²) >= 11 is 0. The molecular weight excluding hydrogens is 198 g/mol. The van der Waals surface area contributed by atoms with Crippen LogP contribution in [0.3, 0.4) is 0 Å². The van der Waals surface area contributed by atoms with E-state index < -0.39 is 0 Å². The third-order valence-electron chi connectivity index (χ3n) is 4.06. The Labute approximate surface area is 99.1 Å². The van der Waals surface area contributed by atoms with Crippen molar-refractivity contribution in [3.63, 3.8) is 0 Å². The van der Waals surface area contributed by atoms with Gasteiger partial charge in [-0.2, -0.15) is 0 Å². The van der Waals surface area contributed by atoms with E-state index in [1.807, 2.05) is 0 Å². The van der Waals surface area contributed by atoms with Crippen LogP contribution < -0.4 is 5.32 Å². The Morgan fingerprint density at radius 3 is 2.81 bits per heavy atom. The number of aliphatic hydroxyl groups excluding tert-OH is 1. The molecule has 0 bridgehead atoms. The molecule has 0 radical (unpaired) electrons. The first kappa shape index (κ1) is 12.1. The topological polar surface area (TPSA) is 32.3 Å². The minimum atomic E-state index is 0.296. The van der Waals surface area contributed by atoms with Crippen LogP contribution in [-0.4, -0.2) is 23.8 Å². The van der Waals surface area contributed by atoms with Crippen LogP contribution in [0, 0.1) is 11.3 Å². The van der Waals surface area contributed by atoms with E-state index in [1.165, 1.54) is 25.7 Å². The fourth-order valence-electron chi connectivity index (χ4n) is 3.18. The summed E-state index contributed by atoms with van der Waals surface area (Å²) in [5, 5.41) is 12.8. The molecule has 0 saturated heterocycles. The second kappa shape index (κ2) is 4.89. The van der Waals surface area contributed by atoms with Gasteiger partial charge in [0.25, 0.3) is 0 Å². The number of rotatable bonds is 3. The standard InChI is InChI=1S/C14H25NO/c1-14(2)7-3-4-13(9-14)15-12-6-5-11(8-12)10-16/h5-6,11-13,15-16H,3-4,7-10H2,1-2H3/t11-,12+,13?/m0/s1. The molecule has 2 N–H and O–H groups in total. The van der Waals surface area contributed by atoms with Gasteiger partial charge in [0.2, 0.25) is 0 Å². The van der Waals surface area contributed by atoms with Crippen molar-refractivity contribution in [2.45, 2.75) is 58.0 Å². The number of aliphatic hydroxyl groups is 1. The molecule has 0 aromatic heterocycles. The van der Waals surface area contributed by atoms with Crippen molar-refractivity contribution in [1.82, 2.24) is 5.32 Å². The highest BCUT2D eigenvalue weighted by atomic mass is 16.3. The van der Waals surface area contributed by atoms with Gasteiger partial charge in [0.15, 0.2) is 0 Å². The summed E-state index contributed by atoms with van der Waals surface area (Å²) in [6.45, 7) is 5.05. The van der Waals surface area contributed by atoms with Crippen molar-refractivity contribution in [1.29, 1.82) is 0 Å². The highest BCUT2D eigenvalue weighted by Gasteiger charge is 2.29. The molecule has 3 atom stereocenters. The molecule has 92 valence electrons. The molecule has 1 saturated carbocycles. The van der Waals surface area contributed by atoms with Gasteiger partial charge in [-0.15, -0.1) is 0 Å². The summed E-state index contributed by atoms with van der Waals surface area (Å²) in [5.41, 5.74) is 0.509. The van der Waals surface area contributed by atoms with Crippen molar-refractivity contribution in [2.75, 3.05) is 6.61 Å². The van der Waals surface area contributed by atoms with Crippen molar-refractivity contribution in [2.24, 2.45) is 11.3 Å². The molecule has 1 fully saturated rings. The Morgan fingerprint density at radius 2 is 2.19 bits per heavy atom. The van der Waals surface area contributed by atoms with Gasteiger partial charge in [-0.25, -0.2) is 0 Å². The SMILES string of the molecule is CC1(C)CCCC(N[C@@H]2C=C[C@H](CO)C2)C1. The average molecular weight is 223 g/mol. The maximum absolute atomic E-state index is 9.09. The smallest absolute Gasteiger partial charge is 0.0494 e. The van der Waals surface area contributed by atoms with E-state index in [0.717, 1.165) is 6.42 Å². The van der Waals surface area contributed by atoms with E-state index in [9.17, 15) is 0 Å². The monoisotopic (exact) mass is 223 g/mol. The van der Waals surface area contributed by atoms with Crippen LogP contribution in [0.5, 0.6) is 0 Å². The third kappa shape index (κ3) is 3.08. The molecule has 0 aliphatic heterocycles. The molecule has 0 spiro atoms. The molecule has 2 rings (SSSR count). The average Bonchev–Trinajstić information content (AvgIpc) is 2.64. The van der Waals surface area contributed by atoms with Gasteiger partial charge in [-0.1, -0.05) is 32.4 Å². The van der Waals surface area contributed by atoms with Gasteiger partial charge in [0.05, 0.1) is 0 Å².